The lowest BCUT2D eigenvalue weighted by Gasteiger charge is -2.25. The van der Waals surface area contributed by atoms with Crippen molar-refractivity contribution in [3.05, 3.63) is 101 Å². The van der Waals surface area contributed by atoms with Crippen LogP contribution in [0, 0.1) is 24.4 Å². The molecule has 8 heteroatoms. The highest BCUT2D eigenvalue weighted by molar-refractivity contribution is 6.51. The fourth-order valence-corrected chi connectivity index (χ4v) is 3.56. The number of halogens is 3. The summed E-state index contributed by atoms with van der Waals surface area (Å²) in [7, 11) is 0. The lowest BCUT2D eigenvalue weighted by atomic mass is 9.95. The largest absolute Gasteiger partial charge is 0.507 e. The zero-order valence-electron chi connectivity index (χ0n) is 16.1. The molecule has 3 aromatic rings. The molecule has 1 aliphatic heterocycles. The summed E-state index contributed by atoms with van der Waals surface area (Å²) in [6.45, 7) is 1.48. The molecule has 5 nitrogen and oxygen atoms in total. The Kier molecular flexibility index (Phi) is 5.06. The van der Waals surface area contributed by atoms with Crippen molar-refractivity contribution in [3.8, 4) is 0 Å². The molecule has 4 rings (SSSR count). The number of Topliss-reactive ketones (excluding diaryl/α,β-unsaturated/α-hetero) is 1. The molecule has 1 saturated heterocycles. The van der Waals surface area contributed by atoms with Crippen molar-refractivity contribution in [2.45, 2.75) is 13.0 Å². The number of aryl methyl sites for hydroxylation is 1. The van der Waals surface area contributed by atoms with Crippen molar-refractivity contribution in [1.82, 2.24) is 4.98 Å². The molecular formula is C23H15F3N2O3. The number of aliphatic hydroxyl groups excluding tert-OH is 1. The van der Waals surface area contributed by atoms with Crippen molar-refractivity contribution in [2.24, 2.45) is 0 Å². The van der Waals surface area contributed by atoms with Crippen molar-refractivity contribution in [1.29, 1.82) is 0 Å². The molecule has 1 amide bonds. The van der Waals surface area contributed by atoms with Crippen LogP contribution in [0.25, 0.3) is 5.76 Å². The van der Waals surface area contributed by atoms with Gasteiger partial charge in [0.1, 0.15) is 23.2 Å². The van der Waals surface area contributed by atoms with Crippen LogP contribution in [0.15, 0.2) is 66.5 Å². The molecule has 2 heterocycles. The summed E-state index contributed by atoms with van der Waals surface area (Å²) in [4.78, 5) is 30.6. The van der Waals surface area contributed by atoms with Crippen LogP contribution in [0.3, 0.4) is 0 Å². The van der Waals surface area contributed by atoms with Crippen molar-refractivity contribution >= 4 is 23.1 Å². The van der Waals surface area contributed by atoms with Gasteiger partial charge in [-0.05, 0) is 54.4 Å². The number of aliphatic hydroxyl groups is 1. The van der Waals surface area contributed by atoms with Gasteiger partial charge in [0.25, 0.3) is 11.7 Å². The second-order valence-electron chi connectivity index (χ2n) is 7.02. The lowest BCUT2D eigenvalue weighted by Crippen LogP contribution is -2.30. The minimum Gasteiger partial charge on any atom is -0.507 e. The number of rotatable bonds is 3. The molecule has 0 saturated carbocycles. The summed E-state index contributed by atoms with van der Waals surface area (Å²) in [5.74, 6) is -5.10. The van der Waals surface area contributed by atoms with Crippen LogP contribution in [-0.2, 0) is 9.59 Å². The third kappa shape index (κ3) is 3.46. The van der Waals surface area contributed by atoms with E-state index in [0.29, 0.717) is 11.6 Å². The smallest absolute Gasteiger partial charge is 0.300 e. The first-order chi connectivity index (χ1) is 14.8. The van der Waals surface area contributed by atoms with E-state index in [2.05, 4.69) is 4.98 Å². The van der Waals surface area contributed by atoms with Gasteiger partial charge in [-0.1, -0.05) is 6.07 Å². The van der Waals surface area contributed by atoms with E-state index in [4.69, 9.17) is 0 Å². The van der Waals surface area contributed by atoms with Gasteiger partial charge in [0, 0.05) is 24.0 Å². The number of ketones is 1. The molecule has 0 aliphatic carbocycles. The highest BCUT2D eigenvalue weighted by Crippen LogP contribution is 2.42. The van der Waals surface area contributed by atoms with Gasteiger partial charge in [0.05, 0.1) is 17.3 Å². The summed E-state index contributed by atoms with van der Waals surface area (Å²) in [5.41, 5.74) is 0.0244. The van der Waals surface area contributed by atoms with Crippen molar-refractivity contribution in [3.63, 3.8) is 0 Å². The van der Waals surface area contributed by atoms with Gasteiger partial charge in [-0.25, -0.2) is 13.2 Å². The third-order valence-corrected chi connectivity index (χ3v) is 5.05. The number of nitrogens with zero attached hydrogens (tertiary/aromatic N) is 2. The van der Waals surface area contributed by atoms with Gasteiger partial charge >= 0.3 is 0 Å². The van der Waals surface area contributed by atoms with Crippen LogP contribution < -0.4 is 4.90 Å². The van der Waals surface area contributed by atoms with Crippen LogP contribution in [0.2, 0.25) is 0 Å². The molecule has 0 spiro atoms. The molecule has 1 N–H and O–H groups in total. The van der Waals surface area contributed by atoms with Crippen LogP contribution >= 0.6 is 0 Å². The number of pyridine rings is 1. The van der Waals surface area contributed by atoms with Crippen molar-refractivity contribution < 1.29 is 27.9 Å². The van der Waals surface area contributed by atoms with Gasteiger partial charge < -0.3 is 5.11 Å². The Labute approximate surface area is 175 Å². The normalized spacial score (nSPS) is 17.9. The minimum absolute atomic E-state index is 0.116. The van der Waals surface area contributed by atoms with E-state index >= 15 is 0 Å². The average molecular weight is 424 g/mol. The number of anilines is 1. The summed E-state index contributed by atoms with van der Waals surface area (Å²) in [6, 6.07) is 8.21. The molecule has 156 valence electrons. The molecule has 1 unspecified atom stereocenters. The number of hydrogen-bond acceptors (Lipinski definition) is 4. The molecule has 2 aromatic carbocycles. The van der Waals surface area contributed by atoms with Crippen LogP contribution in [0.4, 0.5) is 18.9 Å². The molecule has 31 heavy (non-hydrogen) atoms. The first-order valence-corrected chi connectivity index (χ1v) is 9.22. The molecule has 1 atom stereocenters. The fourth-order valence-electron chi connectivity index (χ4n) is 3.56. The SMILES string of the molecule is Cc1cc(/C(O)=C2\C(=O)C(=O)N(c3ccc(F)cc3F)C2c2cccnc2)ccc1F. The molecule has 0 bridgehead atoms. The van der Waals surface area contributed by atoms with Gasteiger partial charge in [-0.3, -0.25) is 19.5 Å². The number of carbonyl (C=O) groups excluding carboxylic acids is 2. The maximum absolute atomic E-state index is 14.6. The minimum atomic E-state index is -1.22. The van der Waals surface area contributed by atoms with Crippen molar-refractivity contribution in [2.75, 3.05) is 4.90 Å². The highest BCUT2D eigenvalue weighted by Gasteiger charge is 2.47. The zero-order chi connectivity index (χ0) is 22.3. The molecule has 0 radical (unpaired) electrons. The predicted molar refractivity (Wildman–Crippen MR) is 107 cm³/mol. The number of carbonyl (C=O) groups is 2. The fraction of sp³-hybridized carbons (Fsp3) is 0.0870. The highest BCUT2D eigenvalue weighted by atomic mass is 19.1. The summed E-state index contributed by atoms with van der Waals surface area (Å²) >= 11 is 0. The van der Waals surface area contributed by atoms with Gasteiger partial charge in [0.15, 0.2) is 0 Å². The Morgan fingerprint density at radius 2 is 1.81 bits per heavy atom. The first kappa shape index (κ1) is 20.3. The van der Waals surface area contributed by atoms with Gasteiger partial charge in [-0.2, -0.15) is 0 Å². The van der Waals surface area contributed by atoms with E-state index < -0.39 is 40.9 Å². The van der Waals surface area contributed by atoms with Crippen LogP contribution in [-0.4, -0.2) is 21.8 Å². The summed E-state index contributed by atoms with van der Waals surface area (Å²) in [5, 5.41) is 10.9. The lowest BCUT2D eigenvalue weighted by molar-refractivity contribution is -0.132. The Balaban J connectivity index is 1.97. The molecule has 1 aromatic heterocycles. The van der Waals surface area contributed by atoms with Crippen LogP contribution in [0.1, 0.15) is 22.7 Å². The second kappa shape index (κ2) is 7.71. The van der Waals surface area contributed by atoms with E-state index in [-0.39, 0.29) is 22.4 Å². The molecular weight excluding hydrogens is 409 g/mol. The quantitative estimate of drug-likeness (QED) is 0.384. The third-order valence-electron chi connectivity index (χ3n) is 5.05. The van der Waals surface area contributed by atoms with E-state index in [0.717, 1.165) is 23.1 Å². The Bertz CT molecular complexity index is 1240. The monoisotopic (exact) mass is 424 g/mol. The van der Waals surface area contributed by atoms with E-state index in [1.807, 2.05) is 0 Å². The topological polar surface area (TPSA) is 70.5 Å². The Hall–Kier alpha value is -3.94. The number of benzene rings is 2. The predicted octanol–water partition coefficient (Wildman–Crippen LogP) is 4.43. The number of aromatic nitrogens is 1. The second-order valence-corrected chi connectivity index (χ2v) is 7.02. The Morgan fingerprint density at radius 3 is 2.45 bits per heavy atom. The molecule has 1 aliphatic rings. The zero-order valence-corrected chi connectivity index (χ0v) is 16.1. The number of amides is 1. The van der Waals surface area contributed by atoms with Crippen LogP contribution in [0.5, 0.6) is 0 Å². The number of hydrogen-bond donors (Lipinski definition) is 1. The average Bonchev–Trinajstić information content (AvgIpc) is 3.01. The molecule has 1 fully saturated rings. The Morgan fingerprint density at radius 1 is 1.03 bits per heavy atom. The van der Waals surface area contributed by atoms with E-state index in [9.17, 15) is 27.9 Å². The van der Waals surface area contributed by atoms with E-state index in [1.54, 1.807) is 12.1 Å². The van der Waals surface area contributed by atoms with Gasteiger partial charge in [-0.15, -0.1) is 0 Å². The first-order valence-electron chi connectivity index (χ1n) is 9.22. The van der Waals surface area contributed by atoms with Gasteiger partial charge in [0.2, 0.25) is 0 Å². The maximum atomic E-state index is 14.6. The van der Waals surface area contributed by atoms with E-state index in [1.165, 1.54) is 31.5 Å². The summed E-state index contributed by atoms with van der Waals surface area (Å²) in [6.07, 6.45) is 2.84. The maximum Gasteiger partial charge on any atom is 0.300 e. The summed E-state index contributed by atoms with van der Waals surface area (Å²) < 4.78 is 41.7. The standard InChI is InChI=1S/C23H15F3N2O3/c1-12-9-13(4-6-16(12)25)21(29)19-20(14-3-2-8-27-11-14)28(23(31)22(19)30)18-7-5-15(24)10-17(18)26/h2-11,20,29H,1H3/b21-19+.